The lowest BCUT2D eigenvalue weighted by Gasteiger charge is -2.07. The van der Waals surface area contributed by atoms with Gasteiger partial charge in [-0.15, -0.1) is 0 Å². The van der Waals surface area contributed by atoms with Gasteiger partial charge in [0.2, 0.25) is 0 Å². The van der Waals surface area contributed by atoms with Crippen LogP contribution in [0.25, 0.3) is 6.08 Å². The van der Waals surface area contributed by atoms with Crippen LogP contribution in [0.5, 0.6) is 0 Å². The summed E-state index contributed by atoms with van der Waals surface area (Å²) < 4.78 is 55.3. The van der Waals surface area contributed by atoms with Crippen molar-refractivity contribution in [2.24, 2.45) is 0 Å². The van der Waals surface area contributed by atoms with Gasteiger partial charge in [-0.1, -0.05) is 12.2 Å². The molecule has 0 fully saturated rings. The van der Waals surface area contributed by atoms with Crippen LogP contribution in [0.15, 0.2) is 24.3 Å². The molecule has 0 saturated carbocycles. The molecular formula is C13H15F4NO. The first-order chi connectivity index (χ1) is 8.93. The van der Waals surface area contributed by atoms with E-state index in [1.807, 2.05) is 0 Å². The molecule has 1 rings (SSSR count). The summed E-state index contributed by atoms with van der Waals surface area (Å²) in [5.74, 6) is -0.901. The molecule has 0 aliphatic rings. The number of alkyl halides is 3. The maximum Gasteiger partial charge on any atom is 0.416 e. The largest absolute Gasteiger partial charge is 0.416 e. The minimum absolute atomic E-state index is 0.181. The Morgan fingerprint density at radius 1 is 1.26 bits per heavy atom. The summed E-state index contributed by atoms with van der Waals surface area (Å²) >= 11 is 0. The van der Waals surface area contributed by atoms with Crippen molar-refractivity contribution in [1.82, 2.24) is 5.32 Å². The van der Waals surface area contributed by atoms with Gasteiger partial charge in [0, 0.05) is 20.2 Å². The van der Waals surface area contributed by atoms with E-state index in [1.165, 1.54) is 6.08 Å². The van der Waals surface area contributed by atoms with Crippen LogP contribution in [0.1, 0.15) is 11.1 Å². The maximum atomic E-state index is 13.1. The summed E-state index contributed by atoms with van der Waals surface area (Å²) in [6.07, 6.45) is -1.47. The molecule has 0 radical (unpaired) electrons. The van der Waals surface area contributed by atoms with Crippen molar-refractivity contribution < 1.29 is 22.3 Å². The Hall–Kier alpha value is -1.40. The Morgan fingerprint density at radius 3 is 2.63 bits per heavy atom. The summed E-state index contributed by atoms with van der Waals surface area (Å²) in [5, 5.41) is 2.99. The molecule has 0 atom stereocenters. The Labute approximate surface area is 109 Å². The topological polar surface area (TPSA) is 21.3 Å². The van der Waals surface area contributed by atoms with Crippen LogP contribution in [0.3, 0.4) is 0 Å². The summed E-state index contributed by atoms with van der Waals surface area (Å²) in [5.41, 5.74) is -0.805. The second-order valence-electron chi connectivity index (χ2n) is 3.87. The van der Waals surface area contributed by atoms with Crippen molar-refractivity contribution in [1.29, 1.82) is 0 Å². The Balaban J connectivity index is 2.63. The van der Waals surface area contributed by atoms with E-state index in [0.29, 0.717) is 25.8 Å². The van der Waals surface area contributed by atoms with Gasteiger partial charge < -0.3 is 10.1 Å². The van der Waals surface area contributed by atoms with Gasteiger partial charge in [0.25, 0.3) is 0 Å². The first-order valence-electron chi connectivity index (χ1n) is 5.67. The monoisotopic (exact) mass is 277 g/mol. The molecule has 0 heterocycles. The second-order valence-corrected chi connectivity index (χ2v) is 3.87. The quantitative estimate of drug-likeness (QED) is 0.637. The van der Waals surface area contributed by atoms with E-state index in [2.05, 4.69) is 5.32 Å². The highest BCUT2D eigenvalue weighted by molar-refractivity contribution is 5.51. The lowest BCUT2D eigenvalue weighted by atomic mass is 10.1. The molecule has 0 amide bonds. The lowest BCUT2D eigenvalue weighted by molar-refractivity contribution is -0.137. The first-order valence-corrected chi connectivity index (χ1v) is 5.67. The zero-order valence-electron chi connectivity index (χ0n) is 10.4. The van der Waals surface area contributed by atoms with E-state index in [4.69, 9.17) is 4.74 Å². The van der Waals surface area contributed by atoms with Gasteiger partial charge in [0.15, 0.2) is 0 Å². The van der Waals surface area contributed by atoms with Crippen molar-refractivity contribution >= 4 is 6.08 Å². The number of methoxy groups -OCH3 is 1. The van der Waals surface area contributed by atoms with Gasteiger partial charge in [0.1, 0.15) is 5.82 Å². The van der Waals surface area contributed by atoms with Crippen molar-refractivity contribution in [3.63, 3.8) is 0 Å². The molecule has 0 spiro atoms. The highest BCUT2D eigenvalue weighted by Gasteiger charge is 2.31. The van der Waals surface area contributed by atoms with E-state index in [0.717, 1.165) is 12.1 Å². The third-order valence-corrected chi connectivity index (χ3v) is 2.30. The predicted octanol–water partition coefficient (Wildman–Crippen LogP) is 3.09. The molecule has 0 bridgehead atoms. The number of rotatable bonds is 6. The van der Waals surface area contributed by atoms with Crippen molar-refractivity contribution in [2.75, 3.05) is 26.8 Å². The summed E-state index contributed by atoms with van der Waals surface area (Å²) in [6, 6.07) is 2.45. The zero-order chi connectivity index (χ0) is 14.3. The van der Waals surface area contributed by atoms with Gasteiger partial charge in [-0.2, -0.15) is 13.2 Å². The summed E-state index contributed by atoms with van der Waals surface area (Å²) in [6.45, 7) is 1.66. The van der Waals surface area contributed by atoms with Crippen LogP contribution >= 0.6 is 0 Å². The highest BCUT2D eigenvalue weighted by Crippen LogP contribution is 2.30. The molecule has 0 saturated heterocycles. The molecule has 0 aliphatic carbocycles. The molecular weight excluding hydrogens is 262 g/mol. The van der Waals surface area contributed by atoms with Crippen LogP contribution in [0.4, 0.5) is 17.6 Å². The highest BCUT2D eigenvalue weighted by atomic mass is 19.4. The normalized spacial score (nSPS) is 12.3. The molecule has 2 nitrogen and oxygen atoms in total. The fourth-order valence-corrected chi connectivity index (χ4v) is 1.43. The third kappa shape index (κ3) is 5.85. The number of hydrogen-bond donors (Lipinski definition) is 1. The number of nitrogens with one attached hydrogen (secondary N) is 1. The van der Waals surface area contributed by atoms with Gasteiger partial charge in [-0.3, -0.25) is 0 Å². The van der Waals surface area contributed by atoms with E-state index < -0.39 is 17.6 Å². The number of hydrogen-bond acceptors (Lipinski definition) is 2. The Kier molecular flexibility index (Phi) is 5.98. The van der Waals surface area contributed by atoms with E-state index in [9.17, 15) is 17.6 Å². The molecule has 0 aromatic heterocycles. The average Bonchev–Trinajstić information content (AvgIpc) is 2.32. The number of ether oxygens (including phenoxy) is 1. The second kappa shape index (κ2) is 7.25. The van der Waals surface area contributed by atoms with Crippen molar-refractivity contribution in [3.8, 4) is 0 Å². The van der Waals surface area contributed by atoms with E-state index >= 15 is 0 Å². The molecule has 1 N–H and O–H groups in total. The fourth-order valence-electron chi connectivity index (χ4n) is 1.43. The molecule has 19 heavy (non-hydrogen) atoms. The smallest absolute Gasteiger partial charge is 0.383 e. The predicted molar refractivity (Wildman–Crippen MR) is 65.2 cm³/mol. The lowest BCUT2D eigenvalue weighted by Crippen LogP contribution is -2.18. The summed E-state index contributed by atoms with van der Waals surface area (Å²) in [7, 11) is 1.57. The van der Waals surface area contributed by atoms with Crippen LogP contribution in [0.2, 0.25) is 0 Å². The van der Waals surface area contributed by atoms with Crippen LogP contribution in [0, 0.1) is 5.82 Å². The Morgan fingerprint density at radius 2 is 2.00 bits per heavy atom. The fraction of sp³-hybridized carbons (Fsp3) is 0.385. The molecule has 0 aliphatic heterocycles. The maximum absolute atomic E-state index is 13.1. The van der Waals surface area contributed by atoms with E-state index in [1.54, 1.807) is 13.2 Å². The summed E-state index contributed by atoms with van der Waals surface area (Å²) in [4.78, 5) is 0. The number of halogens is 4. The third-order valence-electron chi connectivity index (χ3n) is 2.30. The molecule has 1 aromatic rings. The minimum atomic E-state index is -4.54. The van der Waals surface area contributed by atoms with Crippen LogP contribution in [-0.4, -0.2) is 26.8 Å². The van der Waals surface area contributed by atoms with Gasteiger partial charge in [-0.05, 0) is 23.8 Å². The molecule has 106 valence electrons. The van der Waals surface area contributed by atoms with Gasteiger partial charge >= 0.3 is 6.18 Å². The minimum Gasteiger partial charge on any atom is -0.383 e. The standard InChI is InChI=1S/C13H15F4NO/c1-19-6-5-18-4-2-3-10-7-11(13(15,16)17)9-12(14)8-10/h2-3,7-9,18H,4-6H2,1H3/b3-2+. The van der Waals surface area contributed by atoms with Crippen LogP contribution < -0.4 is 5.32 Å². The number of benzene rings is 1. The molecule has 1 aromatic carbocycles. The first kappa shape index (κ1) is 15.7. The SMILES string of the molecule is COCCNC/C=C/c1cc(F)cc(C(F)(F)F)c1. The van der Waals surface area contributed by atoms with Gasteiger partial charge in [-0.25, -0.2) is 4.39 Å². The zero-order valence-corrected chi connectivity index (χ0v) is 10.4. The van der Waals surface area contributed by atoms with E-state index in [-0.39, 0.29) is 5.56 Å². The average molecular weight is 277 g/mol. The van der Waals surface area contributed by atoms with Gasteiger partial charge in [0.05, 0.1) is 12.2 Å². The molecule has 0 unspecified atom stereocenters. The van der Waals surface area contributed by atoms with Crippen molar-refractivity contribution in [3.05, 3.63) is 41.2 Å². The Bertz CT molecular complexity index is 429. The molecule has 6 heteroatoms. The van der Waals surface area contributed by atoms with Crippen molar-refractivity contribution in [2.45, 2.75) is 6.18 Å². The van der Waals surface area contributed by atoms with Crippen LogP contribution in [-0.2, 0) is 10.9 Å².